The molecular weight excluding hydrogens is 372 g/mol. The fourth-order valence-electron chi connectivity index (χ4n) is 2.61. The molecule has 0 radical (unpaired) electrons. The van der Waals surface area contributed by atoms with Crippen LogP contribution >= 0.6 is 11.3 Å². The van der Waals surface area contributed by atoms with Gasteiger partial charge in [-0.3, -0.25) is 10.1 Å². The highest BCUT2D eigenvalue weighted by Gasteiger charge is 2.16. The van der Waals surface area contributed by atoms with E-state index in [9.17, 15) is 4.79 Å². The summed E-state index contributed by atoms with van der Waals surface area (Å²) < 4.78 is 10.8. The van der Waals surface area contributed by atoms with Crippen LogP contribution in [-0.2, 0) is 16.0 Å². The van der Waals surface area contributed by atoms with Gasteiger partial charge >= 0.3 is 0 Å². The smallest absolute Gasteiger partial charge is 0.266 e. The average Bonchev–Trinajstić information content (AvgIpc) is 3.17. The molecule has 3 aromatic rings. The van der Waals surface area contributed by atoms with E-state index in [1.165, 1.54) is 16.9 Å². The predicted octanol–water partition coefficient (Wildman–Crippen LogP) is 4.71. The van der Waals surface area contributed by atoms with Crippen molar-refractivity contribution in [3.05, 3.63) is 65.0 Å². The van der Waals surface area contributed by atoms with Crippen LogP contribution in [0.3, 0.4) is 0 Å². The summed E-state index contributed by atoms with van der Waals surface area (Å²) in [5, 5.41) is 5.32. The van der Waals surface area contributed by atoms with Crippen LogP contribution in [-0.4, -0.2) is 30.7 Å². The standard InChI is InChI=1S/C22H24N2O3S/c1-15-4-10-19(11-5-15)27-16(2)21(25)24-22-23-20(14-28-22)18-8-6-17(7-9-18)12-13-26-3/h4-11,14,16H,12-13H2,1-3H3,(H,23,24,25). The molecule has 0 aliphatic carbocycles. The minimum Gasteiger partial charge on any atom is -0.481 e. The Bertz CT molecular complexity index is 904. The van der Waals surface area contributed by atoms with Crippen LogP contribution in [0.2, 0.25) is 0 Å². The number of aromatic nitrogens is 1. The summed E-state index contributed by atoms with van der Waals surface area (Å²) in [5.74, 6) is 0.443. The highest BCUT2D eigenvalue weighted by atomic mass is 32.1. The van der Waals surface area contributed by atoms with Crippen molar-refractivity contribution in [2.45, 2.75) is 26.4 Å². The number of amides is 1. The van der Waals surface area contributed by atoms with Crippen molar-refractivity contribution in [1.29, 1.82) is 0 Å². The molecule has 0 aliphatic rings. The van der Waals surface area contributed by atoms with Crippen molar-refractivity contribution >= 4 is 22.4 Å². The highest BCUT2D eigenvalue weighted by molar-refractivity contribution is 7.14. The number of carbonyl (C=O) groups is 1. The van der Waals surface area contributed by atoms with E-state index in [-0.39, 0.29) is 5.91 Å². The molecule has 1 amide bonds. The van der Waals surface area contributed by atoms with Crippen LogP contribution in [0.25, 0.3) is 11.3 Å². The van der Waals surface area contributed by atoms with Gasteiger partial charge in [-0.15, -0.1) is 11.3 Å². The first-order valence-electron chi connectivity index (χ1n) is 9.13. The lowest BCUT2D eigenvalue weighted by atomic mass is 10.1. The number of rotatable bonds is 8. The lowest BCUT2D eigenvalue weighted by molar-refractivity contribution is -0.122. The van der Waals surface area contributed by atoms with Gasteiger partial charge in [0.2, 0.25) is 0 Å². The second kappa shape index (κ2) is 9.48. The molecule has 28 heavy (non-hydrogen) atoms. The Labute approximate surface area is 169 Å². The maximum absolute atomic E-state index is 12.4. The minimum absolute atomic E-state index is 0.226. The molecule has 0 bridgehead atoms. The molecular formula is C22H24N2O3S. The summed E-state index contributed by atoms with van der Waals surface area (Å²) in [6, 6.07) is 15.8. The van der Waals surface area contributed by atoms with Gasteiger partial charge in [0.25, 0.3) is 5.91 Å². The zero-order valence-corrected chi connectivity index (χ0v) is 17.1. The number of carbonyl (C=O) groups excluding carboxylic acids is 1. The second-order valence-corrected chi connectivity index (χ2v) is 7.40. The summed E-state index contributed by atoms with van der Waals surface area (Å²) in [6.45, 7) is 4.44. The van der Waals surface area contributed by atoms with Crippen LogP contribution in [0, 0.1) is 6.92 Å². The molecule has 1 aromatic heterocycles. The third-order valence-electron chi connectivity index (χ3n) is 4.28. The molecule has 5 nitrogen and oxygen atoms in total. The van der Waals surface area contributed by atoms with E-state index >= 15 is 0 Å². The summed E-state index contributed by atoms with van der Waals surface area (Å²) in [4.78, 5) is 16.9. The van der Waals surface area contributed by atoms with Gasteiger partial charge in [0.15, 0.2) is 11.2 Å². The summed E-state index contributed by atoms with van der Waals surface area (Å²) in [6.07, 6.45) is 0.267. The normalized spacial score (nSPS) is 11.8. The Kier molecular flexibility index (Phi) is 6.79. The van der Waals surface area contributed by atoms with Gasteiger partial charge in [-0.1, -0.05) is 42.0 Å². The van der Waals surface area contributed by atoms with E-state index in [0.29, 0.717) is 17.5 Å². The number of benzene rings is 2. The first kappa shape index (κ1) is 20.0. The Morgan fingerprint density at radius 2 is 1.86 bits per heavy atom. The quantitative estimate of drug-likeness (QED) is 0.599. The van der Waals surface area contributed by atoms with Gasteiger partial charge in [0.1, 0.15) is 5.75 Å². The average molecular weight is 397 g/mol. The zero-order chi connectivity index (χ0) is 19.9. The van der Waals surface area contributed by atoms with Crippen LogP contribution in [0.4, 0.5) is 5.13 Å². The Balaban J connectivity index is 1.58. The van der Waals surface area contributed by atoms with E-state index in [2.05, 4.69) is 22.4 Å². The SMILES string of the molecule is COCCc1ccc(-c2csc(NC(=O)C(C)Oc3ccc(C)cc3)n2)cc1. The molecule has 3 rings (SSSR count). The van der Waals surface area contributed by atoms with E-state index in [4.69, 9.17) is 9.47 Å². The van der Waals surface area contributed by atoms with Gasteiger partial charge < -0.3 is 9.47 Å². The molecule has 146 valence electrons. The molecule has 1 unspecified atom stereocenters. The van der Waals surface area contributed by atoms with Gasteiger partial charge in [-0.25, -0.2) is 4.98 Å². The third-order valence-corrected chi connectivity index (χ3v) is 5.04. The zero-order valence-electron chi connectivity index (χ0n) is 16.3. The Morgan fingerprint density at radius 3 is 2.54 bits per heavy atom. The second-order valence-electron chi connectivity index (χ2n) is 6.54. The molecule has 0 fully saturated rings. The van der Waals surface area contributed by atoms with Gasteiger partial charge in [-0.05, 0) is 38.0 Å². The van der Waals surface area contributed by atoms with E-state index in [0.717, 1.165) is 23.2 Å². The van der Waals surface area contributed by atoms with Crippen molar-refractivity contribution in [2.24, 2.45) is 0 Å². The monoisotopic (exact) mass is 396 g/mol. The number of aryl methyl sites for hydroxylation is 1. The summed E-state index contributed by atoms with van der Waals surface area (Å²) in [5.41, 5.74) is 4.22. The number of hydrogen-bond acceptors (Lipinski definition) is 5. The number of anilines is 1. The van der Waals surface area contributed by atoms with E-state index in [1.807, 2.05) is 48.7 Å². The fourth-order valence-corrected chi connectivity index (χ4v) is 3.33. The fraction of sp³-hybridized carbons (Fsp3) is 0.273. The van der Waals surface area contributed by atoms with E-state index in [1.54, 1.807) is 14.0 Å². The number of nitrogens with one attached hydrogen (secondary N) is 1. The summed E-state index contributed by atoms with van der Waals surface area (Å²) >= 11 is 1.40. The number of ether oxygens (including phenoxy) is 2. The first-order valence-corrected chi connectivity index (χ1v) is 10.0. The largest absolute Gasteiger partial charge is 0.481 e. The molecule has 6 heteroatoms. The van der Waals surface area contributed by atoms with Gasteiger partial charge in [0.05, 0.1) is 12.3 Å². The molecule has 2 aromatic carbocycles. The minimum atomic E-state index is -0.616. The van der Waals surface area contributed by atoms with Gasteiger partial charge in [0, 0.05) is 18.1 Å². The number of hydrogen-bond donors (Lipinski definition) is 1. The molecule has 0 aliphatic heterocycles. The molecule has 1 N–H and O–H groups in total. The van der Waals surface area contributed by atoms with E-state index < -0.39 is 6.10 Å². The Hall–Kier alpha value is -2.70. The summed E-state index contributed by atoms with van der Waals surface area (Å²) in [7, 11) is 1.70. The predicted molar refractivity (Wildman–Crippen MR) is 113 cm³/mol. The highest BCUT2D eigenvalue weighted by Crippen LogP contribution is 2.25. The van der Waals surface area contributed by atoms with Crippen LogP contribution < -0.4 is 10.1 Å². The lowest BCUT2D eigenvalue weighted by Gasteiger charge is -2.13. The molecule has 0 saturated heterocycles. The Morgan fingerprint density at radius 1 is 1.14 bits per heavy atom. The maximum Gasteiger partial charge on any atom is 0.266 e. The number of nitrogens with zero attached hydrogens (tertiary/aromatic N) is 1. The van der Waals surface area contributed by atoms with Crippen LogP contribution in [0.5, 0.6) is 5.75 Å². The number of thiazole rings is 1. The van der Waals surface area contributed by atoms with Crippen molar-refractivity contribution in [3.63, 3.8) is 0 Å². The number of methoxy groups -OCH3 is 1. The lowest BCUT2D eigenvalue weighted by Crippen LogP contribution is -2.30. The molecule has 0 saturated carbocycles. The topological polar surface area (TPSA) is 60.5 Å². The van der Waals surface area contributed by atoms with Crippen LogP contribution in [0.15, 0.2) is 53.9 Å². The molecule has 1 heterocycles. The molecule has 1 atom stereocenters. The van der Waals surface area contributed by atoms with Crippen LogP contribution in [0.1, 0.15) is 18.1 Å². The first-order chi connectivity index (χ1) is 13.5. The molecule has 0 spiro atoms. The van der Waals surface area contributed by atoms with Crippen molar-refractivity contribution in [1.82, 2.24) is 4.98 Å². The van der Waals surface area contributed by atoms with Crippen molar-refractivity contribution in [2.75, 3.05) is 19.0 Å². The van der Waals surface area contributed by atoms with Crippen molar-refractivity contribution in [3.8, 4) is 17.0 Å². The van der Waals surface area contributed by atoms with Crippen molar-refractivity contribution < 1.29 is 14.3 Å². The van der Waals surface area contributed by atoms with Gasteiger partial charge in [-0.2, -0.15) is 0 Å². The third kappa shape index (κ3) is 5.41. The maximum atomic E-state index is 12.4.